The Morgan fingerprint density at radius 2 is 1.70 bits per heavy atom. The van der Waals surface area contributed by atoms with E-state index in [-0.39, 0.29) is 12.5 Å². The van der Waals surface area contributed by atoms with Crippen LogP contribution in [0.25, 0.3) is 11.1 Å². The number of benzene rings is 2. The summed E-state index contributed by atoms with van der Waals surface area (Å²) >= 11 is 0. The van der Waals surface area contributed by atoms with E-state index < -0.39 is 36.2 Å². The van der Waals surface area contributed by atoms with Crippen molar-refractivity contribution in [2.45, 2.75) is 43.9 Å². The summed E-state index contributed by atoms with van der Waals surface area (Å²) in [6.45, 7) is 2.09. The third-order valence-corrected chi connectivity index (χ3v) is 6.55. The third kappa shape index (κ3) is 4.43. The average Bonchev–Trinajstić information content (AvgIpc) is 3.44. The zero-order valence-electron chi connectivity index (χ0n) is 18.7. The zero-order valence-corrected chi connectivity index (χ0v) is 18.7. The monoisotopic (exact) mass is 452 g/mol. The number of hydrogen-bond donors (Lipinski definition) is 2. The molecule has 1 saturated heterocycles. The first-order chi connectivity index (χ1) is 15.9. The molecule has 4 rings (SSSR count). The molecule has 2 N–H and O–H groups in total. The van der Waals surface area contributed by atoms with Crippen molar-refractivity contribution < 1.29 is 29.0 Å². The van der Waals surface area contributed by atoms with Crippen molar-refractivity contribution >= 4 is 18.0 Å². The molecule has 0 spiro atoms. The molecule has 1 unspecified atom stereocenters. The maximum Gasteiger partial charge on any atom is 0.407 e. The van der Waals surface area contributed by atoms with Gasteiger partial charge in [-0.3, -0.25) is 4.79 Å². The Bertz CT molecular complexity index is 1010. The predicted octanol–water partition coefficient (Wildman–Crippen LogP) is 3.00. The highest BCUT2D eigenvalue weighted by Gasteiger charge is 2.40. The Balaban J connectivity index is 1.46. The molecule has 33 heavy (non-hydrogen) atoms. The molecule has 2 aliphatic rings. The highest BCUT2D eigenvalue weighted by atomic mass is 16.5. The van der Waals surface area contributed by atoms with Crippen LogP contribution < -0.4 is 5.32 Å². The van der Waals surface area contributed by atoms with Crippen LogP contribution in [0, 0.1) is 0 Å². The lowest BCUT2D eigenvalue weighted by molar-refractivity contribution is -0.150. The van der Waals surface area contributed by atoms with Gasteiger partial charge in [0, 0.05) is 19.6 Å². The van der Waals surface area contributed by atoms with Crippen molar-refractivity contribution in [3.63, 3.8) is 0 Å². The minimum absolute atomic E-state index is 0.105. The van der Waals surface area contributed by atoms with Crippen LogP contribution in [0.2, 0.25) is 0 Å². The Morgan fingerprint density at radius 1 is 1.09 bits per heavy atom. The lowest BCUT2D eigenvalue weighted by Crippen LogP contribution is -2.56. The van der Waals surface area contributed by atoms with Gasteiger partial charge in [0.05, 0.1) is 6.10 Å². The zero-order chi connectivity index (χ0) is 23.5. The number of carboxylic acid groups (broad SMARTS) is 1. The number of amides is 2. The van der Waals surface area contributed by atoms with E-state index in [0.717, 1.165) is 22.3 Å². The van der Waals surface area contributed by atoms with Crippen molar-refractivity contribution in [1.29, 1.82) is 0 Å². The number of ether oxygens (including phenoxy) is 2. The van der Waals surface area contributed by atoms with Gasteiger partial charge in [-0.1, -0.05) is 48.5 Å². The van der Waals surface area contributed by atoms with E-state index in [1.54, 1.807) is 6.92 Å². The van der Waals surface area contributed by atoms with Gasteiger partial charge in [0.2, 0.25) is 5.91 Å². The summed E-state index contributed by atoms with van der Waals surface area (Å²) < 4.78 is 10.9. The van der Waals surface area contributed by atoms with Crippen LogP contribution in [0.4, 0.5) is 4.79 Å². The Morgan fingerprint density at radius 3 is 2.27 bits per heavy atom. The van der Waals surface area contributed by atoms with Gasteiger partial charge in [0.1, 0.15) is 18.7 Å². The van der Waals surface area contributed by atoms with Gasteiger partial charge in [-0.25, -0.2) is 9.59 Å². The summed E-state index contributed by atoms with van der Waals surface area (Å²) in [4.78, 5) is 38.6. The first kappa shape index (κ1) is 22.8. The lowest BCUT2D eigenvalue weighted by Gasteiger charge is -2.29. The van der Waals surface area contributed by atoms with Crippen molar-refractivity contribution in [1.82, 2.24) is 10.2 Å². The van der Waals surface area contributed by atoms with Crippen LogP contribution in [-0.4, -0.2) is 66.4 Å². The molecular formula is C25H28N2O6. The minimum Gasteiger partial charge on any atom is -0.480 e. The molecular weight excluding hydrogens is 424 g/mol. The van der Waals surface area contributed by atoms with E-state index in [2.05, 4.69) is 17.4 Å². The van der Waals surface area contributed by atoms with Gasteiger partial charge in [-0.15, -0.1) is 0 Å². The minimum atomic E-state index is -1.05. The number of alkyl carbamates (subject to hydrolysis) is 1. The molecule has 1 fully saturated rings. The smallest absolute Gasteiger partial charge is 0.407 e. The fourth-order valence-corrected chi connectivity index (χ4v) is 4.75. The van der Waals surface area contributed by atoms with Crippen LogP contribution in [0.3, 0.4) is 0 Å². The molecule has 2 amide bonds. The van der Waals surface area contributed by atoms with Crippen LogP contribution in [-0.2, 0) is 19.1 Å². The van der Waals surface area contributed by atoms with Crippen LogP contribution in [0.1, 0.15) is 36.8 Å². The molecule has 2 aromatic carbocycles. The summed E-state index contributed by atoms with van der Waals surface area (Å²) in [6.07, 6.45) is -0.417. The molecule has 0 bridgehead atoms. The largest absolute Gasteiger partial charge is 0.480 e. The number of hydrogen-bond acceptors (Lipinski definition) is 5. The van der Waals surface area contributed by atoms with E-state index in [0.29, 0.717) is 19.4 Å². The highest BCUT2D eigenvalue weighted by molar-refractivity contribution is 5.90. The van der Waals surface area contributed by atoms with E-state index in [1.165, 1.54) is 12.0 Å². The van der Waals surface area contributed by atoms with Gasteiger partial charge in [-0.05, 0) is 42.0 Å². The summed E-state index contributed by atoms with van der Waals surface area (Å²) in [5.74, 6) is -1.64. The maximum absolute atomic E-state index is 13.1. The Hall–Kier alpha value is -3.39. The van der Waals surface area contributed by atoms with E-state index in [4.69, 9.17) is 9.47 Å². The number of aliphatic carboxylic acids is 1. The average molecular weight is 453 g/mol. The number of fused-ring (bicyclic) bond motifs is 3. The number of rotatable bonds is 7. The Kier molecular flexibility index (Phi) is 6.65. The Labute approximate surface area is 192 Å². The second kappa shape index (κ2) is 9.62. The van der Waals surface area contributed by atoms with Gasteiger partial charge in [-0.2, -0.15) is 0 Å². The van der Waals surface area contributed by atoms with Crippen molar-refractivity contribution in [2.75, 3.05) is 20.3 Å². The van der Waals surface area contributed by atoms with Gasteiger partial charge < -0.3 is 24.8 Å². The molecule has 1 aliphatic heterocycles. The van der Waals surface area contributed by atoms with E-state index in [1.807, 2.05) is 36.4 Å². The highest BCUT2D eigenvalue weighted by Crippen LogP contribution is 2.44. The molecule has 8 nitrogen and oxygen atoms in total. The van der Waals surface area contributed by atoms with E-state index >= 15 is 0 Å². The molecule has 2 aromatic rings. The van der Waals surface area contributed by atoms with Crippen LogP contribution in [0.5, 0.6) is 0 Å². The third-order valence-electron chi connectivity index (χ3n) is 6.55. The van der Waals surface area contributed by atoms with Crippen LogP contribution >= 0.6 is 0 Å². The SMILES string of the molecule is CO[C@H](C)[C@H](NC(=O)OCC1c2ccccc2-c2ccccc21)C(=O)N1CCCC1C(=O)O. The maximum atomic E-state index is 13.1. The fourth-order valence-electron chi connectivity index (χ4n) is 4.75. The quantitative estimate of drug-likeness (QED) is 0.669. The first-order valence-electron chi connectivity index (χ1n) is 11.1. The molecule has 8 heteroatoms. The van der Waals surface area contributed by atoms with Crippen molar-refractivity contribution in [3.05, 3.63) is 59.7 Å². The summed E-state index contributed by atoms with van der Waals surface area (Å²) in [6, 6.07) is 14.1. The molecule has 174 valence electrons. The number of methoxy groups -OCH3 is 1. The van der Waals surface area contributed by atoms with E-state index in [9.17, 15) is 19.5 Å². The molecule has 0 aromatic heterocycles. The fraction of sp³-hybridized carbons (Fsp3) is 0.400. The summed E-state index contributed by atoms with van der Waals surface area (Å²) in [5.41, 5.74) is 4.42. The number of nitrogens with zero attached hydrogens (tertiary/aromatic N) is 1. The second-order valence-electron chi connectivity index (χ2n) is 8.42. The number of carbonyl (C=O) groups excluding carboxylic acids is 2. The van der Waals surface area contributed by atoms with Crippen molar-refractivity contribution in [2.24, 2.45) is 0 Å². The van der Waals surface area contributed by atoms with Crippen molar-refractivity contribution in [3.8, 4) is 11.1 Å². The topological polar surface area (TPSA) is 105 Å². The summed E-state index contributed by atoms with van der Waals surface area (Å²) in [5, 5.41) is 12.0. The van der Waals surface area contributed by atoms with Gasteiger partial charge in [0.25, 0.3) is 0 Å². The molecule has 3 atom stereocenters. The first-order valence-corrected chi connectivity index (χ1v) is 11.1. The van der Waals surface area contributed by atoms with Gasteiger partial charge >= 0.3 is 12.1 Å². The summed E-state index contributed by atoms with van der Waals surface area (Å²) in [7, 11) is 1.43. The second-order valence-corrected chi connectivity index (χ2v) is 8.42. The standard InChI is InChI=1S/C25H28N2O6/c1-15(32-2)22(23(28)27-13-7-12-21(27)24(29)30)26-25(31)33-14-20-18-10-5-3-8-16(18)17-9-4-6-11-19(17)20/h3-6,8-11,15,20-22H,7,12-14H2,1-2H3,(H,26,31)(H,29,30)/t15-,21?,22+/m1/s1. The molecule has 1 aliphatic carbocycles. The molecule has 0 saturated carbocycles. The number of likely N-dealkylation sites (tertiary alicyclic amines) is 1. The normalized spacial score (nSPS) is 18.8. The van der Waals surface area contributed by atoms with Crippen LogP contribution in [0.15, 0.2) is 48.5 Å². The predicted molar refractivity (Wildman–Crippen MR) is 121 cm³/mol. The number of nitrogens with one attached hydrogen (secondary N) is 1. The lowest BCUT2D eigenvalue weighted by atomic mass is 9.98. The molecule has 0 radical (unpaired) electrons. The van der Waals surface area contributed by atoms with Gasteiger partial charge in [0.15, 0.2) is 0 Å². The number of carboxylic acids is 1. The molecule has 1 heterocycles. The number of carbonyl (C=O) groups is 3.